The first-order valence-electron chi connectivity index (χ1n) is 5.38. The van der Waals surface area contributed by atoms with Crippen LogP contribution < -0.4 is 10.1 Å². The van der Waals surface area contributed by atoms with E-state index >= 15 is 0 Å². The fourth-order valence-corrected chi connectivity index (χ4v) is 1.48. The zero-order valence-electron chi connectivity index (χ0n) is 9.79. The van der Waals surface area contributed by atoms with Crippen LogP contribution in [0.3, 0.4) is 0 Å². The molecule has 1 N–H and O–H groups in total. The van der Waals surface area contributed by atoms with Crippen LogP contribution in [0.2, 0.25) is 0 Å². The summed E-state index contributed by atoms with van der Waals surface area (Å²) in [7, 11) is 1.46. The molecule has 0 aromatic heterocycles. The van der Waals surface area contributed by atoms with Crippen LogP contribution in [0.5, 0.6) is 5.75 Å². The largest absolute Gasteiger partial charge is 0.494 e. The van der Waals surface area contributed by atoms with Gasteiger partial charge >= 0.3 is 0 Å². The van der Waals surface area contributed by atoms with Crippen LogP contribution in [-0.4, -0.2) is 13.2 Å². The number of methoxy groups -OCH3 is 1. The molecule has 0 aliphatic rings. The number of halogens is 1. The molecule has 0 fully saturated rings. The molecule has 0 amide bonds. The summed E-state index contributed by atoms with van der Waals surface area (Å²) in [6, 6.07) is 5.18. The highest BCUT2D eigenvalue weighted by molar-refractivity contribution is 5.47. The van der Waals surface area contributed by atoms with Gasteiger partial charge in [0.15, 0.2) is 11.6 Å². The Morgan fingerprint density at radius 1 is 1.56 bits per heavy atom. The minimum Gasteiger partial charge on any atom is -0.494 e. The Kier molecular flexibility index (Phi) is 4.83. The molecule has 1 unspecified atom stereocenters. The van der Waals surface area contributed by atoms with Crippen molar-refractivity contribution >= 4 is 5.69 Å². The molecule has 2 nitrogen and oxygen atoms in total. The summed E-state index contributed by atoms with van der Waals surface area (Å²) in [4.78, 5) is 0. The number of anilines is 1. The van der Waals surface area contributed by atoms with E-state index in [4.69, 9.17) is 4.74 Å². The molecule has 0 aliphatic heterocycles. The third kappa shape index (κ3) is 3.57. The normalized spacial score (nSPS) is 11.9. The highest BCUT2D eigenvalue weighted by atomic mass is 19.1. The Labute approximate surface area is 96.1 Å². The van der Waals surface area contributed by atoms with Crippen LogP contribution in [0, 0.1) is 5.82 Å². The lowest BCUT2D eigenvalue weighted by molar-refractivity contribution is 0.386. The van der Waals surface area contributed by atoms with E-state index in [0.717, 1.165) is 18.5 Å². The average Bonchev–Trinajstić information content (AvgIpc) is 2.26. The Morgan fingerprint density at radius 2 is 2.31 bits per heavy atom. The summed E-state index contributed by atoms with van der Waals surface area (Å²) in [6.45, 7) is 5.73. The topological polar surface area (TPSA) is 21.3 Å². The summed E-state index contributed by atoms with van der Waals surface area (Å²) < 4.78 is 18.2. The molecule has 0 aliphatic carbocycles. The molecule has 16 heavy (non-hydrogen) atoms. The summed E-state index contributed by atoms with van der Waals surface area (Å²) in [5.74, 6) is -0.0762. The Bertz CT molecular complexity index is 352. The van der Waals surface area contributed by atoms with E-state index in [1.54, 1.807) is 6.07 Å². The number of allylic oxidation sites excluding steroid dienone is 1. The number of benzene rings is 1. The molecule has 0 heterocycles. The van der Waals surface area contributed by atoms with Gasteiger partial charge in [0.1, 0.15) is 0 Å². The fraction of sp³-hybridized carbons (Fsp3) is 0.385. The van der Waals surface area contributed by atoms with Crippen LogP contribution >= 0.6 is 0 Å². The van der Waals surface area contributed by atoms with Gasteiger partial charge in [-0.1, -0.05) is 6.08 Å². The molecule has 0 bridgehead atoms. The summed E-state index contributed by atoms with van der Waals surface area (Å²) in [6.07, 6.45) is 3.82. The van der Waals surface area contributed by atoms with Gasteiger partial charge in [-0.25, -0.2) is 4.39 Å². The van der Waals surface area contributed by atoms with Gasteiger partial charge in [-0.2, -0.15) is 0 Å². The maximum absolute atomic E-state index is 13.4. The molecule has 1 aromatic carbocycles. The maximum Gasteiger partial charge on any atom is 0.167 e. The monoisotopic (exact) mass is 223 g/mol. The van der Waals surface area contributed by atoms with Gasteiger partial charge < -0.3 is 10.1 Å². The van der Waals surface area contributed by atoms with Crippen LogP contribution in [-0.2, 0) is 0 Å². The number of hydrogen-bond donors (Lipinski definition) is 1. The van der Waals surface area contributed by atoms with Crippen molar-refractivity contribution in [3.05, 3.63) is 36.7 Å². The van der Waals surface area contributed by atoms with Crippen molar-refractivity contribution in [2.45, 2.75) is 25.8 Å². The minimum atomic E-state index is -0.344. The average molecular weight is 223 g/mol. The third-order valence-electron chi connectivity index (χ3n) is 2.37. The summed E-state index contributed by atoms with van der Waals surface area (Å²) >= 11 is 0. The fourth-order valence-electron chi connectivity index (χ4n) is 1.48. The van der Waals surface area contributed by atoms with E-state index in [1.807, 2.05) is 12.1 Å². The van der Waals surface area contributed by atoms with Crippen LogP contribution in [0.15, 0.2) is 30.9 Å². The minimum absolute atomic E-state index is 0.268. The SMILES string of the molecule is C=CCCC(C)Nc1ccc(OC)c(F)c1. The van der Waals surface area contributed by atoms with Crippen LogP contribution in [0.25, 0.3) is 0 Å². The molecular formula is C13H18FNO. The molecule has 0 saturated heterocycles. The van der Waals surface area contributed by atoms with E-state index in [-0.39, 0.29) is 11.6 Å². The van der Waals surface area contributed by atoms with Gasteiger partial charge in [0.2, 0.25) is 0 Å². The van der Waals surface area contributed by atoms with E-state index in [0.29, 0.717) is 6.04 Å². The van der Waals surface area contributed by atoms with E-state index in [2.05, 4.69) is 18.8 Å². The summed E-state index contributed by atoms with van der Waals surface area (Å²) in [5.41, 5.74) is 0.773. The van der Waals surface area contributed by atoms with Gasteiger partial charge in [-0.15, -0.1) is 6.58 Å². The Balaban J connectivity index is 2.60. The first-order valence-corrected chi connectivity index (χ1v) is 5.38. The lowest BCUT2D eigenvalue weighted by Crippen LogP contribution is -2.14. The first kappa shape index (κ1) is 12.6. The Hall–Kier alpha value is -1.51. The zero-order chi connectivity index (χ0) is 12.0. The summed E-state index contributed by atoms with van der Waals surface area (Å²) in [5, 5.41) is 3.23. The molecular weight excluding hydrogens is 205 g/mol. The van der Waals surface area contributed by atoms with Gasteiger partial charge in [0, 0.05) is 17.8 Å². The van der Waals surface area contributed by atoms with Crippen molar-refractivity contribution in [3.8, 4) is 5.75 Å². The number of rotatable bonds is 6. The second kappa shape index (κ2) is 6.16. The van der Waals surface area contributed by atoms with E-state index in [9.17, 15) is 4.39 Å². The lowest BCUT2D eigenvalue weighted by atomic mass is 10.1. The lowest BCUT2D eigenvalue weighted by Gasteiger charge is -2.14. The Morgan fingerprint density at radius 3 is 2.88 bits per heavy atom. The molecule has 3 heteroatoms. The highest BCUT2D eigenvalue weighted by Crippen LogP contribution is 2.21. The zero-order valence-corrected chi connectivity index (χ0v) is 9.79. The van der Waals surface area contributed by atoms with Gasteiger partial charge in [0.05, 0.1) is 7.11 Å². The molecule has 1 rings (SSSR count). The van der Waals surface area contributed by atoms with Crippen LogP contribution in [0.4, 0.5) is 10.1 Å². The van der Waals surface area contributed by atoms with E-state index < -0.39 is 0 Å². The maximum atomic E-state index is 13.4. The quantitative estimate of drug-likeness (QED) is 0.744. The standard InChI is InChI=1S/C13H18FNO/c1-4-5-6-10(2)15-11-7-8-13(16-3)12(14)9-11/h4,7-10,15H,1,5-6H2,2-3H3. The van der Waals surface area contributed by atoms with Crippen molar-refractivity contribution in [2.24, 2.45) is 0 Å². The molecule has 0 spiro atoms. The second-order valence-corrected chi connectivity index (χ2v) is 3.76. The van der Waals surface area contributed by atoms with Crippen molar-refractivity contribution in [1.29, 1.82) is 0 Å². The predicted molar refractivity (Wildman–Crippen MR) is 65.5 cm³/mol. The number of hydrogen-bond acceptors (Lipinski definition) is 2. The molecule has 0 saturated carbocycles. The van der Waals surface area contributed by atoms with Crippen molar-refractivity contribution in [2.75, 3.05) is 12.4 Å². The number of ether oxygens (including phenoxy) is 1. The molecule has 0 radical (unpaired) electrons. The third-order valence-corrected chi connectivity index (χ3v) is 2.37. The smallest absolute Gasteiger partial charge is 0.167 e. The van der Waals surface area contributed by atoms with Crippen LogP contribution in [0.1, 0.15) is 19.8 Å². The molecule has 1 aromatic rings. The van der Waals surface area contributed by atoms with Gasteiger partial charge in [0.25, 0.3) is 0 Å². The van der Waals surface area contributed by atoms with Crippen molar-refractivity contribution < 1.29 is 9.13 Å². The van der Waals surface area contributed by atoms with Crippen molar-refractivity contribution in [1.82, 2.24) is 0 Å². The van der Waals surface area contributed by atoms with E-state index in [1.165, 1.54) is 13.2 Å². The van der Waals surface area contributed by atoms with Crippen molar-refractivity contribution in [3.63, 3.8) is 0 Å². The second-order valence-electron chi connectivity index (χ2n) is 3.76. The van der Waals surface area contributed by atoms with Gasteiger partial charge in [-0.3, -0.25) is 0 Å². The first-order chi connectivity index (χ1) is 7.67. The molecule has 1 atom stereocenters. The molecule has 88 valence electrons. The highest BCUT2D eigenvalue weighted by Gasteiger charge is 2.05. The number of nitrogens with one attached hydrogen (secondary N) is 1. The van der Waals surface area contributed by atoms with Gasteiger partial charge in [-0.05, 0) is 31.9 Å². The predicted octanol–water partition coefficient (Wildman–Crippen LogP) is 3.60.